The second-order valence-electron chi connectivity index (χ2n) is 4.12. The van der Waals surface area contributed by atoms with Crippen molar-refractivity contribution < 1.29 is 14.6 Å². The number of thioether (sulfide) groups is 1. The van der Waals surface area contributed by atoms with Gasteiger partial charge in [-0.2, -0.15) is 11.8 Å². The van der Waals surface area contributed by atoms with Gasteiger partial charge in [0.2, 0.25) is 0 Å². The van der Waals surface area contributed by atoms with Crippen LogP contribution in [0.5, 0.6) is 5.75 Å². The van der Waals surface area contributed by atoms with Gasteiger partial charge in [0.1, 0.15) is 11.3 Å². The Balaban J connectivity index is 2.39. The fourth-order valence-corrected chi connectivity index (χ4v) is 2.14. The molecule has 0 heterocycles. The molecule has 1 aromatic rings. The molecule has 0 radical (unpaired) electrons. The summed E-state index contributed by atoms with van der Waals surface area (Å²) in [6.07, 6.45) is 0. The van der Waals surface area contributed by atoms with Gasteiger partial charge in [-0.15, -0.1) is 0 Å². The second-order valence-corrected chi connectivity index (χ2v) is 5.27. The smallest absolute Gasteiger partial charge is 0.339 e. The number of hydrogen-bond acceptors (Lipinski definition) is 3. The van der Waals surface area contributed by atoms with Crippen molar-refractivity contribution in [1.82, 2.24) is 0 Å². The van der Waals surface area contributed by atoms with E-state index in [2.05, 4.69) is 13.8 Å². The Bertz CT molecular complexity index is 363. The molecular formula is C13H18O3S. The Labute approximate surface area is 106 Å². The zero-order chi connectivity index (χ0) is 12.7. The minimum atomic E-state index is -0.949. The van der Waals surface area contributed by atoms with Crippen molar-refractivity contribution in [2.24, 2.45) is 5.92 Å². The normalized spacial score (nSPS) is 10.5. The molecule has 0 bridgehead atoms. The number of hydrogen-bond donors (Lipinski definition) is 1. The van der Waals surface area contributed by atoms with Crippen LogP contribution in [-0.2, 0) is 0 Å². The van der Waals surface area contributed by atoms with Gasteiger partial charge in [0.15, 0.2) is 0 Å². The van der Waals surface area contributed by atoms with E-state index in [4.69, 9.17) is 9.84 Å². The fourth-order valence-electron chi connectivity index (χ4n) is 1.30. The minimum Gasteiger partial charge on any atom is -0.492 e. The van der Waals surface area contributed by atoms with E-state index in [1.54, 1.807) is 24.3 Å². The highest BCUT2D eigenvalue weighted by molar-refractivity contribution is 7.99. The van der Waals surface area contributed by atoms with E-state index in [0.717, 1.165) is 11.5 Å². The average molecular weight is 254 g/mol. The number of para-hydroxylation sites is 1. The lowest BCUT2D eigenvalue weighted by Gasteiger charge is -2.09. The summed E-state index contributed by atoms with van der Waals surface area (Å²) in [4.78, 5) is 10.9. The first-order valence-corrected chi connectivity index (χ1v) is 6.79. The molecule has 0 amide bonds. The van der Waals surface area contributed by atoms with Crippen molar-refractivity contribution in [3.8, 4) is 5.75 Å². The first-order valence-electron chi connectivity index (χ1n) is 5.64. The number of carbonyl (C=O) groups is 1. The summed E-state index contributed by atoms with van der Waals surface area (Å²) in [5.74, 6) is 2.16. The first-order chi connectivity index (χ1) is 8.11. The molecule has 17 heavy (non-hydrogen) atoms. The zero-order valence-electron chi connectivity index (χ0n) is 10.2. The van der Waals surface area contributed by atoms with Crippen LogP contribution in [0.2, 0.25) is 0 Å². The summed E-state index contributed by atoms with van der Waals surface area (Å²) in [5, 5.41) is 8.96. The van der Waals surface area contributed by atoms with Crippen molar-refractivity contribution in [3.63, 3.8) is 0 Å². The lowest BCUT2D eigenvalue weighted by atomic mass is 10.2. The van der Waals surface area contributed by atoms with Crippen LogP contribution < -0.4 is 4.74 Å². The minimum absolute atomic E-state index is 0.223. The van der Waals surface area contributed by atoms with E-state index < -0.39 is 5.97 Å². The molecule has 94 valence electrons. The Morgan fingerprint density at radius 1 is 1.41 bits per heavy atom. The summed E-state index contributed by atoms with van der Waals surface area (Å²) in [7, 11) is 0. The fraction of sp³-hybridized carbons (Fsp3) is 0.462. The Morgan fingerprint density at radius 3 is 2.76 bits per heavy atom. The maximum Gasteiger partial charge on any atom is 0.339 e. The van der Waals surface area contributed by atoms with Crippen LogP contribution in [0.4, 0.5) is 0 Å². The maximum absolute atomic E-state index is 10.9. The number of rotatable bonds is 7. The molecule has 1 N–H and O–H groups in total. The topological polar surface area (TPSA) is 46.5 Å². The van der Waals surface area contributed by atoms with Gasteiger partial charge < -0.3 is 9.84 Å². The highest BCUT2D eigenvalue weighted by atomic mass is 32.2. The van der Waals surface area contributed by atoms with E-state index >= 15 is 0 Å². The standard InChI is InChI=1S/C13H18O3S/c1-10(2)9-17-8-7-16-12-6-4-3-5-11(12)13(14)15/h3-6,10H,7-9H2,1-2H3,(H,14,15). The molecule has 0 aliphatic carbocycles. The van der Waals surface area contributed by atoms with Gasteiger partial charge in [0.25, 0.3) is 0 Å². The molecule has 0 aliphatic rings. The van der Waals surface area contributed by atoms with Crippen LogP contribution in [0.25, 0.3) is 0 Å². The van der Waals surface area contributed by atoms with E-state index in [9.17, 15) is 4.79 Å². The number of benzene rings is 1. The molecule has 0 unspecified atom stereocenters. The van der Waals surface area contributed by atoms with Crippen molar-refractivity contribution in [2.45, 2.75) is 13.8 Å². The number of carboxylic acid groups (broad SMARTS) is 1. The highest BCUT2D eigenvalue weighted by Crippen LogP contribution is 2.18. The summed E-state index contributed by atoms with van der Waals surface area (Å²) >= 11 is 1.82. The molecule has 0 fully saturated rings. The van der Waals surface area contributed by atoms with Gasteiger partial charge in [0.05, 0.1) is 6.61 Å². The molecule has 4 heteroatoms. The van der Waals surface area contributed by atoms with E-state index in [0.29, 0.717) is 18.3 Å². The quantitative estimate of drug-likeness (QED) is 0.759. The molecule has 3 nitrogen and oxygen atoms in total. The van der Waals surface area contributed by atoms with Crippen LogP contribution in [0, 0.1) is 5.92 Å². The highest BCUT2D eigenvalue weighted by Gasteiger charge is 2.09. The Kier molecular flexibility index (Phi) is 5.91. The molecule has 0 aliphatic heterocycles. The van der Waals surface area contributed by atoms with Gasteiger partial charge in [-0.3, -0.25) is 0 Å². The van der Waals surface area contributed by atoms with Crippen LogP contribution >= 0.6 is 11.8 Å². The van der Waals surface area contributed by atoms with Crippen molar-refractivity contribution in [2.75, 3.05) is 18.1 Å². The maximum atomic E-state index is 10.9. The third-order valence-corrected chi connectivity index (χ3v) is 3.41. The molecule has 0 spiro atoms. The average Bonchev–Trinajstić information content (AvgIpc) is 2.28. The lowest BCUT2D eigenvalue weighted by Crippen LogP contribution is -2.06. The van der Waals surface area contributed by atoms with Gasteiger partial charge in [-0.05, 0) is 23.8 Å². The molecular weight excluding hydrogens is 236 g/mol. The first kappa shape index (κ1) is 13.9. The Hall–Kier alpha value is -1.16. The predicted octanol–water partition coefficient (Wildman–Crippen LogP) is 3.15. The zero-order valence-corrected chi connectivity index (χ0v) is 11.0. The molecule has 0 saturated heterocycles. The van der Waals surface area contributed by atoms with E-state index in [1.165, 1.54) is 0 Å². The van der Waals surface area contributed by atoms with E-state index in [-0.39, 0.29) is 5.56 Å². The summed E-state index contributed by atoms with van der Waals surface area (Å²) in [6.45, 7) is 4.89. The SMILES string of the molecule is CC(C)CSCCOc1ccccc1C(=O)O. The predicted molar refractivity (Wildman–Crippen MR) is 71.1 cm³/mol. The van der Waals surface area contributed by atoms with Crippen molar-refractivity contribution in [1.29, 1.82) is 0 Å². The van der Waals surface area contributed by atoms with Crippen molar-refractivity contribution in [3.05, 3.63) is 29.8 Å². The molecule has 0 aromatic heterocycles. The summed E-state index contributed by atoms with van der Waals surface area (Å²) in [6, 6.07) is 6.72. The summed E-state index contributed by atoms with van der Waals surface area (Å²) in [5.41, 5.74) is 0.223. The third-order valence-electron chi connectivity index (χ3n) is 2.05. The van der Waals surface area contributed by atoms with Gasteiger partial charge in [-0.25, -0.2) is 4.79 Å². The van der Waals surface area contributed by atoms with Crippen LogP contribution in [-0.4, -0.2) is 29.2 Å². The molecule has 1 rings (SSSR count). The Morgan fingerprint density at radius 2 is 2.12 bits per heavy atom. The van der Waals surface area contributed by atoms with Gasteiger partial charge in [-0.1, -0.05) is 26.0 Å². The van der Waals surface area contributed by atoms with Crippen LogP contribution in [0.15, 0.2) is 24.3 Å². The van der Waals surface area contributed by atoms with Gasteiger partial charge >= 0.3 is 5.97 Å². The third kappa shape index (κ3) is 5.13. The number of ether oxygens (including phenoxy) is 1. The number of carboxylic acids is 1. The van der Waals surface area contributed by atoms with Crippen LogP contribution in [0.3, 0.4) is 0 Å². The van der Waals surface area contributed by atoms with E-state index in [1.807, 2.05) is 11.8 Å². The number of aromatic carboxylic acids is 1. The monoisotopic (exact) mass is 254 g/mol. The molecule has 0 atom stereocenters. The second kappa shape index (κ2) is 7.22. The molecule has 1 aromatic carbocycles. The van der Waals surface area contributed by atoms with Crippen LogP contribution in [0.1, 0.15) is 24.2 Å². The lowest BCUT2D eigenvalue weighted by molar-refractivity contribution is 0.0692. The molecule has 0 saturated carbocycles. The van der Waals surface area contributed by atoms with Gasteiger partial charge in [0, 0.05) is 5.75 Å². The van der Waals surface area contributed by atoms with Crippen molar-refractivity contribution >= 4 is 17.7 Å². The summed E-state index contributed by atoms with van der Waals surface area (Å²) < 4.78 is 5.48. The largest absolute Gasteiger partial charge is 0.492 e.